The molecule has 130 valence electrons. The van der Waals surface area contributed by atoms with Crippen molar-refractivity contribution in [3.05, 3.63) is 17.0 Å². The van der Waals surface area contributed by atoms with E-state index < -0.39 is 0 Å². The smallest absolute Gasteiger partial charge is 0.225 e. The first-order chi connectivity index (χ1) is 10.9. The number of piperidine rings is 1. The van der Waals surface area contributed by atoms with Gasteiger partial charge in [0.1, 0.15) is 0 Å². The van der Waals surface area contributed by atoms with Crippen molar-refractivity contribution in [2.45, 2.75) is 46.5 Å². The fourth-order valence-corrected chi connectivity index (χ4v) is 3.61. The SMILES string of the molecule is CNCCC1CCN(C(=O)C(C)Cc2c(C)nn(C)c2C)CC1. The maximum Gasteiger partial charge on any atom is 0.225 e. The van der Waals surface area contributed by atoms with Gasteiger partial charge in [-0.25, -0.2) is 0 Å². The quantitative estimate of drug-likeness (QED) is 0.873. The summed E-state index contributed by atoms with van der Waals surface area (Å²) in [5.74, 6) is 1.11. The number of amides is 1. The van der Waals surface area contributed by atoms with Crippen molar-refractivity contribution in [3.8, 4) is 0 Å². The minimum Gasteiger partial charge on any atom is -0.342 e. The van der Waals surface area contributed by atoms with E-state index in [2.05, 4.69) is 29.2 Å². The van der Waals surface area contributed by atoms with Crippen LogP contribution in [-0.2, 0) is 18.3 Å². The van der Waals surface area contributed by atoms with Gasteiger partial charge < -0.3 is 10.2 Å². The summed E-state index contributed by atoms with van der Waals surface area (Å²) in [6.07, 6.45) is 4.31. The van der Waals surface area contributed by atoms with Crippen LogP contribution in [0.25, 0.3) is 0 Å². The third-order valence-electron chi connectivity index (χ3n) is 5.32. The number of carbonyl (C=O) groups excluding carboxylic acids is 1. The van der Waals surface area contributed by atoms with Crippen LogP contribution in [0.15, 0.2) is 0 Å². The van der Waals surface area contributed by atoms with E-state index in [4.69, 9.17) is 0 Å². The molecular formula is C18H32N4O. The van der Waals surface area contributed by atoms with Gasteiger partial charge in [-0.3, -0.25) is 9.48 Å². The number of carbonyl (C=O) groups is 1. The molecule has 2 rings (SSSR count). The van der Waals surface area contributed by atoms with Crippen molar-refractivity contribution in [1.82, 2.24) is 20.0 Å². The number of aryl methyl sites for hydroxylation is 2. The lowest BCUT2D eigenvalue weighted by Gasteiger charge is -2.33. The van der Waals surface area contributed by atoms with Crippen molar-refractivity contribution < 1.29 is 4.79 Å². The molecular weight excluding hydrogens is 288 g/mol. The summed E-state index contributed by atoms with van der Waals surface area (Å²) >= 11 is 0. The third-order valence-corrected chi connectivity index (χ3v) is 5.32. The Balaban J connectivity index is 1.88. The first-order valence-electron chi connectivity index (χ1n) is 8.86. The maximum atomic E-state index is 12.7. The molecule has 1 unspecified atom stereocenters. The highest BCUT2D eigenvalue weighted by Crippen LogP contribution is 2.23. The van der Waals surface area contributed by atoms with Crippen LogP contribution in [0.3, 0.4) is 0 Å². The second kappa shape index (κ2) is 7.95. The largest absolute Gasteiger partial charge is 0.342 e. The zero-order valence-corrected chi connectivity index (χ0v) is 15.4. The summed E-state index contributed by atoms with van der Waals surface area (Å²) in [7, 11) is 3.97. The van der Waals surface area contributed by atoms with Gasteiger partial charge in [-0.05, 0) is 64.6 Å². The Labute approximate surface area is 140 Å². The van der Waals surface area contributed by atoms with E-state index in [1.165, 1.54) is 17.7 Å². The lowest BCUT2D eigenvalue weighted by molar-refractivity contribution is -0.136. The number of nitrogens with one attached hydrogen (secondary N) is 1. The third kappa shape index (κ3) is 4.34. The molecule has 1 aromatic heterocycles. The molecule has 0 saturated carbocycles. The summed E-state index contributed by atoms with van der Waals surface area (Å²) in [4.78, 5) is 14.8. The number of hydrogen-bond donors (Lipinski definition) is 1. The molecule has 2 heterocycles. The number of hydrogen-bond acceptors (Lipinski definition) is 3. The van der Waals surface area contributed by atoms with E-state index in [0.29, 0.717) is 5.91 Å². The first-order valence-corrected chi connectivity index (χ1v) is 8.86. The van der Waals surface area contributed by atoms with Crippen molar-refractivity contribution in [3.63, 3.8) is 0 Å². The molecule has 0 spiro atoms. The van der Waals surface area contributed by atoms with Crippen molar-refractivity contribution in [1.29, 1.82) is 0 Å². The predicted octanol–water partition coefficient (Wildman–Crippen LogP) is 2.06. The van der Waals surface area contributed by atoms with Crippen molar-refractivity contribution in [2.75, 3.05) is 26.7 Å². The lowest BCUT2D eigenvalue weighted by atomic mass is 9.92. The molecule has 1 aliphatic rings. The summed E-state index contributed by atoms with van der Waals surface area (Å²) < 4.78 is 1.91. The monoisotopic (exact) mass is 320 g/mol. The molecule has 5 nitrogen and oxygen atoms in total. The zero-order chi connectivity index (χ0) is 17.0. The number of likely N-dealkylation sites (tertiary alicyclic amines) is 1. The van der Waals surface area contributed by atoms with E-state index in [1.807, 2.05) is 25.7 Å². The Morgan fingerprint density at radius 3 is 2.52 bits per heavy atom. The van der Waals surface area contributed by atoms with Crippen LogP contribution in [0.1, 0.15) is 43.1 Å². The van der Waals surface area contributed by atoms with Crippen LogP contribution in [0.4, 0.5) is 0 Å². The molecule has 0 bridgehead atoms. The highest BCUT2D eigenvalue weighted by molar-refractivity contribution is 5.79. The molecule has 1 N–H and O–H groups in total. The number of rotatable bonds is 6. The van der Waals surface area contributed by atoms with Gasteiger partial charge in [0.05, 0.1) is 5.69 Å². The standard InChI is InChI=1S/C18H32N4O/c1-13(12-17-14(2)20-21(5)15(17)3)18(23)22-10-7-16(8-11-22)6-9-19-4/h13,16,19H,6-12H2,1-5H3. The Morgan fingerprint density at radius 2 is 2.00 bits per heavy atom. The van der Waals surface area contributed by atoms with Crippen LogP contribution in [0, 0.1) is 25.7 Å². The molecule has 1 fully saturated rings. The second-order valence-corrected chi connectivity index (χ2v) is 7.04. The zero-order valence-electron chi connectivity index (χ0n) is 15.4. The van der Waals surface area contributed by atoms with Gasteiger partial charge in [0.25, 0.3) is 0 Å². The normalized spacial score (nSPS) is 17.5. The number of nitrogens with zero attached hydrogens (tertiary/aromatic N) is 3. The lowest BCUT2D eigenvalue weighted by Crippen LogP contribution is -2.42. The molecule has 23 heavy (non-hydrogen) atoms. The van der Waals surface area contributed by atoms with Crippen LogP contribution in [0.5, 0.6) is 0 Å². The van der Waals surface area contributed by atoms with Gasteiger partial charge >= 0.3 is 0 Å². The average Bonchev–Trinajstić information content (AvgIpc) is 2.79. The van der Waals surface area contributed by atoms with Crippen molar-refractivity contribution >= 4 is 5.91 Å². The minimum atomic E-state index is 0.0328. The summed E-state index contributed by atoms with van der Waals surface area (Å²) in [6.45, 7) is 9.09. The summed E-state index contributed by atoms with van der Waals surface area (Å²) in [5, 5.41) is 7.68. The highest BCUT2D eigenvalue weighted by atomic mass is 16.2. The van der Waals surface area contributed by atoms with Gasteiger partial charge in [-0.15, -0.1) is 0 Å². The molecule has 1 saturated heterocycles. The van der Waals surface area contributed by atoms with Crippen LogP contribution >= 0.6 is 0 Å². The van der Waals surface area contributed by atoms with Crippen LogP contribution in [0.2, 0.25) is 0 Å². The van der Waals surface area contributed by atoms with E-state index in [9.17, 15) is 4.79 Å². The molecule has 1 amide bonds. The number of aromatic nitrogens is 2. The molecule has 0 aromatic carbocycles. The predicted molar refractivity (Wildman–Crippen MR) is 93.4 cm³/mol. The Morgan fingerprint density at radius 1 is 1.35 bits per heavy atom. The van der Waals surface area contributed by atoms with Gasteiger partial charge in [0.15, 0.2) is 0 Å². The van der Waals surface area contributed by atoms with E-state index in [1.54, 1.807) is 0 Å². The Hall–Kier alpha value is -1.36. The molecule has 1 aliphatic heterocycles. The summed E-state index contributed by atoms with van der Waals surface area (Å²) in [5.41, 5.74) is 3.46. The van der Waals surface area contributed by atoms with Gasteiger partial charge in [0.2, 0.25) is 5.91 Å². The highest BCUT2D eigenvalue weighted by Gasteiger charge is 2.27. The molecule has 0 aliphatic carbocycles. The van der Waals surface area contributed by atoms with Gasteiger partial charge in [0, 0.05) is 31.7 Å². The molecule has 5 heteroatoms. The fourth-order valence-electron chi connectivity index (χ4n) is 3.61. The molecule has 1 atom stereocenters. The second-order valence-electron chi connectivity index (χ2n) is 7.04. The van der Waals surface area contributed by atoms with E-state index in [-0.39, 0.29) is 5.92 Å². The Bertz CT molecular complexity index is 529. The van der Waals surface area contributed by atoms with Crippen molar-refractivity contribution in [2.24, 2.45) is 18.9 Å². The molecule has 1 aromatic rings. The van der Waals surface area contributed by atoms with Gasteiger partial charge in [-0.1, -0.05) is 6.92 Å². The fraction of sp³-hybridized carbons (Fsp3) is 0.778. The minimum absolute atomic E-state index is 0.0328. The van der Waals surface area contributed by atoms with Crippen LogP contribution < -0.4 is 5.32 Å². The maximum absolute atomic E-state index is 12.7. The van der Waals surface area contributed by atoms with Crippen LogP contribution in [-0.4, -0.2) is 47.3 Å². The molecule has 0 radical (unpaired) electrons. The Kier molecular flexibility index (Phi) is 6.22. The van der Waals surface area contributed by atoms with E-state index in [0.717, 1.165) is 50.5 Å². The first kappa shape index (κ1) is 18.0. The average molecular weight is 320 g/mol. The topological polar surface area (TPSA) is 50.2 Å². The summed E-state index contributed by atoms with van der Waals surface area (Å²) in [6, 6.07) is 0. The van der Waals surface area contributed by atoms with E-state index >= 15 is 0 Å². The van der Waals surface area contributed by atoms with Gasteiger partial charge in [-0.2, -0.15) is 5.10 Å².